The molecular weight excluding hydrogens is 200 g/mol. The molecule has 0 aromatic heterocycles. The lowest BCUT2D eigenvalue weighted by atomic mass is 10.1. The Morgan fingerprint density at radius 2 is 2.07 bits per heavy atom. The van der Waals surface area contributed by atoms with E-state index in [2.05, 4.69) is 0 Å². The summed E-state index contributed by atoms with van der Waals surface area (Å²) in [6.07, 6.45) is 1.14. The number of ether oxygens (including phenoxy) is 2. The molecule has 0 fully saturated rings. The monoisotopic (exact) mass is 218 g/mol. The number of aldehydes is 1. The van der Waals surface area contributed by atoms with E-state index in [0.717, 1.165) is 6.29 Å². The summed E-state index contributed by atoms with van der Waals surface area (Å²) in [6.45, 7) is 4.52. The van der Waals surface area contributed by atoms with Crippen molar-refractivity contribution < 1.29 is 24.2 Å². The van der Waals surface area contributed by atoms with Gasteiger partial charge in [0, 0.05) is 6.42 Å². The highest BCUT2D eigenvalue weighted by Gasteiger charge is 2.18. The molecule has 0 rings (SSSR count). The van der Waals surface area contributed by atoms with Crippen LogP contribution in [0.5, 0.6) is 0 Å². The van der Waals surface area contributed by atoms with Gasteiger partial charge in [0.1, 0.15) is 6.29 Å². The zero-order chi connectivity index (χ0) is 11.7. The van der Waals surface area contributed by atoms with Crippen LogP contribution in [0.15, 0.2) is 0 Å². The number of rotatable bonds is 9. The third-order valence-corrected chi connectivity index (χ3v) is 1.64. The number of carboxylic acids is 1. The van der Waals surface area contributed by atoms with E-state index >= 15 is 0 Å². The van der Waals surface area contributed by atoms with Gasteiger partial charge < -0.3 is 19.4 Å². The number of hydrogen-bond donors (Lipinski definition) is 1. The van der Waals surface area contributed by atoms with Gasteiger partial charge in [-0.05, 0) is 13.8 Å². The summed E-state index contributed by atoms with van der Waals surface area (Å²) in [5.74, 6) is -0.880. The minimum Gasteiger partial charge on any atom is -0.481 e. The minimum absolute atomic E-state index is 0.00951. The Bertz CT molecular complexity index is 200. The van der Waals surface area contributed by atoms with Crippen molar-refractivity contribution in [2.24, 2.45) is 0 Å². The number of hydrogen-bond acceptors (Lipinski definition) is 4. The lowest BCUT2D eigenvalue weighted by Crippen LogP contribution is -2.31. The molecular formula is C10H18O5. The highest BCUT2D eigenvalue weighted by molar-refractivity contribution is 5.66. The molecule has 0 saturated carbocycles. The molecule has 0 atom stereocenters. The van der Waals surface area contributed by atoms with Crippen LogP contribution in [0.25, 0.3) is 0 Å². The highest BCUT2D eigenvalue weighted by Crippen LogP contribution is 2.09. The van der Waals surface area contributed by atoms with Crippen LogP contribution in [0.1, 0.15) is 26.7 Å². The first-order valence-electron chi connectivity index (χ1n) is 4.85. The van der Waals surface area contributed by atoms with Crippen LogP contribution in [0.4, 0.5) is 0 Å². The van der Waals surface area contributed by atoms with Crippen LogP contribution in [0.3, 0.4) is 0 Å². The van der Waals surface area contributed by atoms with Gasteiger partial charge >= 0.3 is 5.97 Å². The van der Waals surface area contributed by atoms with Crippen LogP contribution < -0.4 is 0 Å². The molecule has 0 aliphatic carbocycles. The van der Waals surface area contributed by atoms with Gasteiger partial charge in [0.15, 0.2) is 0 Å². The smallest absolute Gasteiger partial charge is 0.305 e. The van der Waals surface area contributed by atoms with Gasteiger partial charge in [-0.25, -0.2) is 0 Å². The summed E-state index contributed by atoms with van der Waals surface area (Å²) < 4.78 is 10.5. The van der Waals surface area contributed by atoms with Crippen molar-refractivity contribution in [1.82, 2.24) is 0 Å². The third-order valence-electron chi connectivity index (χ3n) is 1.64. The number of aliphatic carboxylic acids is 1. The van der Waals surface area contributed by atoms with E-state index < -0.39 is 11.6 Å². The zero-order valence-corrected chi connectivity index (χ0v) is 9.19. The lowest BCUT2D eigenvalue weighted by molar-refractivity contribution is -0.139. The Hall–Kier alpha value is -0.940. The van der Waals surface area contributed by atoms with Crippen LogP contribution in [-0.2, 0) is 19.1 Å². The second-order valence-electron chi connectivity index (χ2n) is 3.76. The minimum atomic E-state index is -0.880. The molecule has 0 bridgehead atoms. The van der Waals surface area contributed by atoms with Crippen molar-refractivity contribution in [2.45, 2.75) is 32.3 Å². The summed E-state index contributed by atoms with van der Waals surface area (Å²) in [5.41, 5.74) is -0.485. The largest absolute Gasteiger partial charge is 0.481 e. The number of carbonyl (C=O) groups is 2. The Labute approximate surface area is 89.4 Å². The first kappa shape index (κ1) is 14.1. The normalized spacial score (nSPS) is 11.3. The predicted octanol–water partition coefficient (Wildman–Crippen LogP) is 0.862. The molecule has 0 radical (unpaired) electrons. The van der Waals surface area contributed by atoms with E-state index in [0.29, 0.717) is 19.6 Å². The summed E-state index contributed by atoms with van der Waals surface area (Å²) in [4.78, 5) is 20.2. The molecule has 0 aliphatic rings. The van der Waals surface area contributed by atoms with Crippen molar-refractivity contribution in [1.29, 1.82) is 0 Å². The van der Waals surface area contributed by atoms with Crippen molar-refractivity contribution >= 4 is 12.3 Å². The van der Waals surface area contributed by atoms with E-state index in [1.165, 1.54) is 0 Å². The van der Waals surface area contributed by atoms with Crippen molar-refractivity contribution in [3.05, 3.63) is 0 Å². The van der Waals surface area contributed by atoms with E-state index in [-0.39, 0.29) is 13.0 Å². The molecule has 0 amide bonds. The van der Waals surface area contributed by atoms with Crippen LogP contribution >= 0.6 is 0 Å². The molecule has 1 N–H and O–H groups in total. The van der Waals surface area contributed by atoms with Gasteiger partial charge in [0.25, 0.3) is 0 Å². The molecule has 0 saturated heterocycles. The summed E-state index contributed by atoms with van der Waals surface area (Å²) >= 11 is 0. The Kier molecular flexibility index (Phi) is 6.90. The van der Waals surface area contributed by atoms with E-state index in [1.807, 2.05) is 13.8 Å². The third kappa shape index (κ3) is 9.37. The first-order chi connectivity index (χ1) is 6.98. The molecule has 15 heavy (non-hydrogen) atoms. The Balaban J connectivity index is 3.54. The van der Waals surface area contributed by atoms with Crippen molar-refractivity contribution in [2.75, 3.05) is 19.8 Å². The van der Waals surface area contributed by atoms with Crippen molar-refractivity contribution in [3.8, 4) is 0 Å². The summed E-state index contributed by atoms with van der Waals surface area (Å²) in [6, 6.07) is 0. The van der Waals surface area contributed by atoms with Gasteiger partial charge in [-0.1, -0.05) is 0 Å². The average molecular weight is 218 g/mol. The average Bonchev–Trinajstić information content (AvgIpc) is 2.13. The quantitative estimate of drug-likeness (QED) is 0.459. The fourth-order valence-electron chi connectivity index (χ4n) is 0.902. The van der Waals surface area contributed by atoms with Crippen molar-refractivity contribution in [3.63, 3.8) is 0 Å². The molecule has 0 aromatic rings. The summed E-state index contributed by atoms with van der Waals surface area (Å²) in [5, 5.41) is 8.37. The van der Waals surface area contributed by atoms with Crippen LogP contribution in [0, 0.1) is 0 Å². The maximum Gasteiger partial charge on any atom is 0.305 e. The zero-order valence-electron chi connectivity index (χ0n) is 9.19. The highest BCUT2D eigenvalue weighted by atomic mass is 16.5. The molecule has 0 heterocycles. The maximum atomic E-state index is 10.2. The molecule has 5 nitrogen and oxygen atoms in total. The van der Waals surface area contributed by atoms with Gasteiger partial charge in [-0.3, -0.25) is 4.79 Å². The molecule has 0 aromatic carbocycles. The fourth-order valence-corrected chi connectivity index (χ4v) is 0.902. The second-order valence-corrected chi connectivity index (χ2v) is 3.76. The molecule has 0 spiro atoms. The maximum absolute atomic E-state index is 10.2. The Morgan fingerprint density at radius 1 is 1.40 bits per heavy atom. The number of carbonyl (C=O) groups excluding carboxylic acids is 1. The fraction of sp³-hybridized carbons (Fsp3) is 0.800. The molecule has 0 unspecified atom stereocenters. The molecule has 88 valence electrons. The van der Waals surface area contributed by atoms with Crippen LogP contribution in [-0.4, -0.2) is 42.8 Å². The topological polar surface area (TPSA) is 72.8 Å². The first-order valence-corrected chi connectivity index (χ1v) is 4.85. The summed E-state index contributed by atoms with van der Waals surface area (Å²) in [7, 11) is 0. The number of carboxylic acid groups (broad SMARTS) is 1. The van der Waals surface area contributed by atoms with Crippen LogP contribution in [0.2, 0.25) is 0 Å². The van der Waals surface area contributed by atoms with E-state index in [1.54, 1.807) is 0 Å². The van der Waals surface area contributed by atoms with Gasteiger partial charge in [-0.2, -0.15) is 0 Å². The van der Waals surface area contributed by atoms with Gasteiger partial charge in [-0.15, -0.1) is 0 Å². The molecule has 5 heteroatoms. The Morgan fingerprint density at radius 3 is 2.60 bits per heavy atom. The standard InChI is InChI=1S/C10H18O5/c1-10(2,15-6-3-5-11)8-14-7-4-9(12)13/h5H,3-4,6-8H2,1-2H3,(H,12,13). The van der Waals surface area contributed by atoms with Gasteiger partial charge in [0.2, 0.25) is 0 Å². The van der Waals surface area contributed by atoms with E-state index in [9.17, 15) is 9.59 Å². The lowest BCUT2D eigenvalue weighted by Gasteiger charge is -2.24. The SMILES string of the molecule is CC(C)(COCCC(=O)O)OCCC=O. The molecule has 0 aliphatic heterocycles. The second kappa shape index (κ2) is 7.36. The predicted molar refractivity (Wildman–Crippen MR) is 53.8 cm³/mol. The van der Waals surface area contributed by atoms with E-state index in [4.69, 9.17) is 14.6 Å². The van der Waals surface area contributed by atoms with Gasteiger partial charge in [0.05, 0.1) is 31.8 Å².